The number of rotatable bonds is 2. The van der Waals surface area contributed by atoms with E-state index in [1.54, 1.807) is 0 Å². The predicted molar refractivity (Wildman–Crippen MR) is 90.3 cm³/mol. The third-order valence-corrected chi connectivity index (χ3v) is 3.84. The first-order valence-corrected chi connectivity index (χ1v) is 8.52. The van der Waals surface area contributed by atoms with Gasteiger partial charge in [-0.05, 0) is 5.56 Å². The lowest BCUT2D eigenvalue weighted by molar-refractivity contribution is -0.0576. The van der Waals surface area contributed by atoms with Crippen molar-refractivity contribution in [2.45, 2.75) is 52.8 Å². The van der Waals surface area contributed by atoms with Gasteiger partial charge in [-0.1, -0.05) is 58.0 Å². The summed E-state index contributed by atoms with van der Waals surface area (Å²) >= 11 is 0. The van der Waals surface area contributed by atoms with Gasteiger partial charge in [0, 0.05) is 39.0 Å². The van der Waals surface area contributed by atoms with Gasteiger partial charge in [-0.15, -0.1) is 0 Å². The van der Waals surface area contributed by atoms with Crippen LogP contribution in [0.4, 0.5) is 0 Å². The van der Waals surface area contributed by atoms with Crippen LogP contribution < -0.4 is 5.32 Å². The Balaban J connectivity index is 0.000000510. The smallest absolute Gasteiger partial charge is 0.121 e. The van der Waals surface area contributed by atoms with Crippen LogP contribution in [0.15, 0.2) is 30.3 Å². The van der Waals surface area contributed by atoms with E-state index >= 15 is 0 Å². The third kappa shape index (κ3) is 5.42. The Bertz CT molecular complexity index is 351. The molecule has 0 amide bonds. The zero-order valence-electron chi connectivity index (χ0n) is 14.2. The molecule has 2 saturated heterocycles. The number of likely N-dealkylation sites (tertiary alicyclic amines) is 1. The molecule has 3 heteroatoms. The normalized spacial score (nSPS) is 20.2. The van der Waals surface area contributed by atoms with Gasteiger partial charge in [-0.2, -0.15) is 0 Å². The number of nitrogens with zero attached hydrogens (tertiary/aromatic N) is 1. The molecule has 0 aliphatic carbocycles. The molecule has 1 spiro atoms. The second-order valence-electron chi connectivity index (χ2n) is 5.03. The van der Waals surface area contributed by atoms with Crippen molar-refractivity contribution in [3.8, 4) is 0 Å². The maximum atomic E-state index is 5.84. The summed E-state index contributed by atoms with van der Waals surface area (Å²) in [4.78, 5) is 2.52. The topological polar surface area (TPSA) is 24.5 Å². The first-order chi connectivity index (χ1) is 10.4. The molecule has 0 radical (unpaired) electrons. The molecular formula is C18H32N2O. The fourth-order valence-corrected chi connectivity index (χ4v) is 2.81. The van der Waals surface area contributed by atoms with E-state index in [0.29, 0.717) is 0 Å². The Morgan fingerprint density at radius 1 is 1.05 bits per heavy atom. The summed E-state index contributed by atoms with van der Waals surface area (Å²) in [5.41, 5.74) is 1.41. The summed E-state index contributed by atoms with van der Waals surface area (Å²) in [5.74, 6) is 0. The summed E-state index contributed by atoms with van der Waals surface area (Å²) in [7, 11) is 0. The van der Waals surface area contributed by atoms with Crippen molar-refractivity contribution in [2.75, 3.05) is 26.2 Å². The molecule has 0 atom stereocenters. The maximum absolute atomic E-state index is 5.84. The average Bonchev–Trinajstić information content (AvgIpc) is 3.03. The van der Waals surface area contributed by atoms with Crippen LogP contribution in [0.5, 0.6) is 0 Å². The first kappa shape index (κ1) is 18.1. The minimum atomic E-state index is 0.00713. The van der Waals surface area contributed by atoms with Gasteiger partial charge < -0.3 is 4.74 Å². The third-order valence-electron chi connectivity index (χ3n) is 3.84. The fourth-order valence-electron chi connectivity index (χ4n) is 2.81. The zero-order chi connectivity index (χ0) is 15.6. The number of hydrogen-bond acceptors (Lipinski definition) is 3. The quantitative estimate of drug-likeness (QED) is 0.900. The Kier molecular flexibility index (Phi) is 8.58. The second kappa shape index (κ2) is 9.93. The van der Waals surface area contributed by atoms with E-state index in [4.69, 9.17) is 4.74 Å². The van der Waals surface area contributed by atoms with Crippen LogP contribution in [-0.4, -0.2) is 36.9 Å². The molecule has 21 heavy (non-hydrogen) atoms. The van der Waals surface area contributed by atoms with E-state index in [0.717, 1.165) is 45.6 Å². The SMILES string of the molecule is CC.CC.c1ccc(CN2CCC3(CC2)NCCO3)cc1. The molecule has 2 aliphatic heterocycles. The van der Waals surface area contributed by atoms with E-state index in [2.05, 4.69) is 40.5 Å². The van der Waals surface area contributed by atoms with Gasteiger partial charge in [0.15, 0.2) is 0 Å². The Morgan fingerprint density at radius 2 is 1.67 bits per heavy atom. The van der Waals surface area contributed by atoms with Crippen LogP contribution in [0, 0.1) is 0 Å². The Labute approximate surface area is 130 Å². The molecule has 3 nitrogen and oxygen atoms in total. The van der Waals surface area contributed by atoms with Crippen LogP contribution in [0.25, 0.3) is 0 Å². The molecule has 1 N–H and O–H groups in total. The van der Waals surface area contributed by atoms with Crippen molar-refractivity contribution in [3.63, 3.8) is 0 Å². The molecule has 0 unspecified atom stereocenters. The highest BCUT2D eigenvalue weighted by Gasteiger charge is 2.37. The molecule has 1 aromatic carbocycles. The summed E-state index contributed by atoms with van der Waals surface area (Å²) in [6.07, 6.45) is 2.22. The van der Waals surface area contributed by atoms with Crippen molar-refractivity contribution in [1.29, 1.82) is 0 Å². The van der Waals surface area contributed by atoms with E-state index in [-0.39, 0.29) is 5.72 Å². The first-order valence-electron chi connectivity index (χ1n) is 8.52. The molecule has 3 rings (SSSR count). The molecule has 0 saturated carbocycles. The highest BCUT2D eigenvalue weighted by molar-refractivity contribution is 5.14. The van der Waals surface area contributed by atoms with Gasteiger partial charge in [0.05, 0.1) is 6.61 Å². The van der Waals surface area contributed by atoms with Crippen molar-refractivity contribution in [3.05, 3.63) is 35.9 Å². The summed E-state index contributed by atoms with van der Waals surface area (Å²) < 4.78 is 5.84. The van der Waals surface area contributed by atoms with Crippen LogP contribution >= 0.6 is 0 Å². The molecule has 2 heterocycles. The number of benzene rings is 1. The highest BCUT2D eigenvalue weighted by Crippen LogP contribution is 2.27. The van der Waals surface area contributed by atoms with Crippen LogP contribution in [-0.2, 0) is 11.3 Å². The van der Waals surface area contributed by atoms with Crippen molar-refractivity contribution in [1.82, 2.24) is 10.2 Å². The predicted octanol–water partition coefficient (Wildman–Crippen LogP) is 3.65. The van der Waals surface area contributed by atoms with Gasteiger partial charge >= 0.3 is 0 Å². The highest BCUT2D eigenvalue weighted by atomic mass is 16.5. The minimum Gasteiger partial charge on any atom is -0.359 e. The lowest BCUT2D eigenvalue weighted by Gasteiger charge is -2.38. The summed E-state index contributed by atoms with van der Waals surface area (Å²) in [6, 6.07) is 10.7. The molecule has 2 fully saturated rings. The van der Waals surface area contributed by atoms with Gasteiger partial charge in [-0.3, -0.25) is 10.2 Å². The van der Waals surface area contributed by atoms with Crippen molar-refractivity contribution in [2.24, 2.45) is 0 Å². The van der Waals surface area contributed by atoms with E-state index in [9.17, 15) is 0 Å². The van der Waals surface area contributed by atoms with E-state index in [1.165, 1.54) is 5.56 Å². The van der Waals surface area contributed by atoms with E-state index in [1.807, 2.05) is 27.7 Å². The molecule has 0 aromatic heterocycles. The molecule has 120 valence electrons. The number of hydrogen-bond donors (Lipinski definition) is 1. The van der Waals surface area contributed by atoms with Crippen LogP contribution in [0.2, 0.25) is 0 Å². The molecule has 2 aliphatic rings. The number of nitrogens with one attached hydrogen (secondary N) is 1. The summed E-state index contributed by atoms with van der Waals surface area (Å²) in [5, 5.41) is 3.51. The van der Waals surface area contributed by atoms with Gasteiger partial charge in [0.2, 0.25) is 0 Å². The Hall–Kier alpha value is -0.900. The monoisotopic (exact) mass is 292 g/mol. The molecule has 0 bridgehead atoms. The average molecular weight is 292 g/mol. The van der Waals surface area contributed by atoms with Gasteiger partial charge in [0.1, 0.15) is 5.72 Å². The lowest BCUT2D eigenvalue weighted by Crippen LogP contribution is -2.50. The second-order valence-corrected chi connectivity index (χ2v) is 5.03. The van der Waals surface area contributed by atoms with Crippen molar-refractivity contribution >= 4 is 0 Å². The maximum Gasteiger partial charge on any atom is 0.121 e. The van der Waals surface area contributed by atoms with Gasteiger partial charge in [-0.25, -0.2) is 0 Å². The van der Waals surface area contributed by atoms with Crippen molar-refractivity contribution < 1.29 is 4.74 Å². The Morgan fingerprint density at radius 3 is 2.19 bits per heavy atom. The number of ether oxygens (including phenoxy) is 1. The van der Waals surface area contributed by atoms with Crippen LogP contribution in [0.1, 0.15) is 46.1 Å². The largest absolute Gasteiger partial charge is 0.359 e. The number of piperidine rings is 1. The van der Waals surface area contributed by atoms with Crippen LogP contribution in [0.3, 0.4) is 0 Å². The van der Waals surface area contributed by atoms with Gasteiger partial charge in [0.25, 0.3) is 0 Å². The molecular weight excluding hydrogens is 260 g/mol. The zero-order valence-corrected chi connectivity index (χ0v) is 14.2. The minimum absolute atomic E-state index is 0.00713. The fraction of sp³-hybridized carbons (Fsp3) is 0.667. The molecule has 1 aromatic rings. The summed E-state index contributed by atoms with van der Waals surface area (Å²) in [6.45, 7) is 13.2. The van der Waals surface area contributed by atoms with E-state index < -0.39 is 0 Å². The standard InChI is InChI=1S/C14H20N2O.2C2H6/c1-2-4-13(5-3-1)12-16-9-6-14(7-10-16)15-8-11-17-14;2*1-2/h1-5,15H,6-12H2;2*1-2H3. The lowest BCUT2D eigenvalue weighted by atomic mass is 10.0.